The minimum Gasteiger partial charge on any atom is -0.378 e. The van der Waals surface area contributed by atoms with Crippen LogP contribution >= 0.6 is 0 Å². The van der Waals surface area contributed by atoms with Crippen LogP contribution in [0.4, 0.5) is 0 Å². The standard InChI is InChI=1S/C20H26N2O3S/c21-13-6-16-25-18-11-14-22(15-12-18)26(23,24)20-10-5-4-9-19(20)17-7-2-1-3-8-17/h1-5,7-10,18H,6,11-16,21H2. The van der Waals surface area contributed by atoms with Gasteiger partial charge in [-0.25, -0.2) is 8.42 Å². The third-order valence-corrected chi connectivity index (χ3v) is 6.65. The van der Waals surface area contributed by atoms with Crippen molar-refractivity contribution in [3.63, 3.8) is 0 Å². The first kappa shape index (κ1) is 19.0. The van der Waals surface area contributed by atoms with Gasteiger partial charge in [0.05, 0.1) is 11.0 Å². The zero-order valence-electron chi connectivity index (χ0n) is 14.9. The first-order valence-corrected chi connectivity index (χ1v) is 10.5. The first-order valence-electron chi connectivity index (χ1n) is 9.09. The lowest BCUT2D eigenvalue weighted by Crippen LogP contribution is -2.41. The minimum absolute atomic E-state index is 0.123. The number of hydrogen-bond acceptors (Lipinski definition) is 4. The predicted molar refractivity (Wildman–Crippen MR) is 103 cm³/mol. The van der Waals surface area contributed by atoms with E-state index in [0.29, 0.717) is 31.1 Å². The Balaban J connectivity index is 1.76. The second-order valence-electron chi connectivity index (χ2n) is 6.48. The number of hydrogen-bond donors (Lipinski definition) is 1. The molecule has 2 aromatic rings. The van der Waals surface area contributed by atoms with E-state index in [1.165, 1.54) is 0 Å². The second-order valence-corrected chi connectivity index (χ2v) is 8.39. The van der Waals surface area contributed by atoms with E-state index < -0.39 is 10.0 Å². The van der Waals surface area contributed by atoms with E-state index >= 15 is 0 Å². The summed E-state index contributed by atoms with van der Waals surface area (Å²) in [6.45, 7) is 2.23. The number of sulfonamides is 1. The Kier molecular flexibility index (Phi) is 6.43. The highest BCUT2D eigenvalue weighted by Crippen LogP contribution is 2.30. The lowest BCUT2D eigenvalue weighted by molar-refractivity contribution is 0.0209. The quantitative estimate of drug-likeness (QED) is 0.757. The molecule has 0 radical (unpaired) electrons. The van der Waals surface area contributed by atoms with Gasteiger partial charge < -0.3 is 10.5 Å². The van der Waals surface area contributed by atoms with Crippen LogP contribution in [0.3, 0.4) is 0 Å². The molecule has 2 aromatic carbocycles. The highest BCUT2D eigenvalue weighted by molar-refractivity contribution is 7.89. The smallest absolute Gasteiger partial charge is 0.243 e. The molecule has 0 spiro atoms. The SMILES string of the molecule is NCCCOC1CCN(S(=O)(=O)c2ccccc2-c2ccccc2)CC1. The third kappa shape index (κ3) is 4.32. The van der Waals surface area contributed by atoms with Gasteiger partial charge in [-0.2, -0.15) is 4.31 Å². The molecule has 0 aromatic heterocycles. The van der Waals surface area contributed by atoms with Crippen molar-refractivity contribution in [3.05, 3.63) is 54.6 Å². The summed E-state index contributed by atoms with van der Waals surface area (Å²) >= 11 is 0. The van der Waals surface area contributed by atoms with Crippen LogP contribution in [0.1, 0.15) is 19.3 Å². The van der Waals surface area contributed by atoms with Crippen LogP contribution in [0, 0.1) is 0 Å². The molecule has 1 aliphatic heterocycles. The summed E-state index contributed by atoms with van der Waals surface area (Å²) in [5, 5.41) is 0. The van der Waals surface area contributed by atoms with Crippen LogP contribution in [0.2, 0.25) is 0 Å². The summed E-state index contributed by atoms with van der Waals surface area (Å²) in [5.74, 6) is 0. The number of nitrogens with two attached hydrogens (primary N) is 1. The molecule has 2 N–H and O–H groups in total. The summed E-state index contributed by atoms with van der Waals surface area (Å²) < 4.78 is 33.8. The number of benzene rings is 2. The van der Waals surface area contributed by atoms with Crippen molar-refractivity contribution in [2.45, 2.75) is 30.3 Å². The summed E-state index contributed by atoms with van der Waals surface area (Å²) in [5.41, 5.74) is 7.14. The van der Waals surface area contributed by atoms with Gasteiger partial charge in [-0.3, -0.25) is 0 Å². The van der Waals surface area contributed by atoms with Gasteiger partial charge >= 0.3 is 0 Å². The van der Waals surface area contributed by atoms with E-state index in [2.05, 4.69) is 0 Å². The summed E-state index contributed by atoms with van der Waals surface area (Å²) in [4.78, 5) is 0.369. The number of rotatable bonds is 7. The number of ether oxygens (including phenoxy) is 1. The molecule has 0 amide bonds. The second kappa shape index (κ2) is 8.77. The van der Waals surface area contributed by atoms with Gasteiger partial charge in [0.15, 0.2) is 0 Å². The molecule has 0 aliphatic carbocycles. The van der Waals surface area contributed by atoms with Crippen LogP contribution in [0.25, 0.3) is 11.1 Å². The molecule has 1 saturated heterocycles. The molecule has 0 saturated carbocycles. The van der Waals surface area contributed by atoms with Crippen LogP contribution < -0.4 is 5.73 Å². The Morgan fingerprint density at radius 3 is 2.35 bits per heavy atom. The van der Waals surface area contributed by atoms with Gasteiger partial charge in [0, 0.05) is 25.3 Å². The van der Waals surface area contributed by atoms with Crippen molar-refractivity contribution in [2.75, 3.05) is 26.2 Å². The topological polar surface area (TPSA) is 72.6 Å². The van der Waals surface area contributed by atoms with Crippen molar-refractivity contribution in [1.82, 2.24) is 4.31 Å². The molecule has 26 heavy (non-hydrogen) atoms. The van der Waals surface area contributed by atoms with E-state index in [4.69, 9.17) is 10.5 Å². The summed E-state index contributed by atoms with van der Waals surface area (Å²) in [6, 6.07) is 16.9. The molecular formula is C20H26N2O3S. The summed E-state index contributed by atoms with van der Waals surface area (Å²) in [7, 11) is -3.53. The Bertz CT molecular complexity index is 801. The van der Waals surface area contributed by atoms with Crippen LogP contribution in [0.5, 0.6) is 0 Å². The molecule has 5 nitrogen and oxygen atoms in total. The van der Waals surface area contributed by atoms with Gasteiger partial charge in [-0.05, 0) is 37.4 Å². The van der Waals surface area contributed by atoms with Crippen LogP contribution in [-0.2, 0) is 14.8 Å². The molecule has 1 aliphatic rings. The monoisotopic (exact) mass is 374 g/mol. The highest BCUT2D eigenvalue weighted by atomic mass is 32.2. The Labute approximate surface area is 155 Å². The Morgan fingerprint density at radius 1 is 1.00 bits per heavy atom. The Hall–Kier alpha value is -1.73. The lowest BCUT2D eigenvalue weighted by atomic mass is 10.1. The lowest BCUT2D eigenvalue weighted by Gasteiger charge is -2.31. The average molecular weight is 375 g/mol. The molecule has 0 bridgehead atoms. The maximum Gasteiger partial charge on any atom is 0.243 e. The van der Waals surface area contributed by atoms with Gasteiger partial charge in [0.1, 0.15) is 0 Å². The van der Waals surface area contributed by atoms with E-state index in [1.807, 2.05) is 42.5 Å². The summed E-state index contributed by atoms with van der Waals surface area (Å²) in [6.07, 6.45) is 2.40. The van der Waals surface area contributed by atoms with Crippen molar-refractivity contribution >= 4 is 10.0 Å². The normalized spacial score (nSPS) is 16.7. The maximum absolute atomic E-state index is 13.2. The Morgan fingerprint density at radius 2 is 1.65 bits per heavy atom. The molecule has 3 rings (SSSR count). The van der Waals surface area contributed by atoms with Gasteiger partial charge in [-0.15, -0.1) is 0 Å². The van der Waals surface area contributed by atoms with Crippen LogP contribution in [-0.4, -0.2) is 45.1 Å². The average Bonchev–Trinajstić information content (AvgIpc) is 2.69. The van der Waals surface area contributed by atoms with E-state index in [-0.39, 0.29) is 6.10 Å². The third-order valence-electron chi connectivity index (χ3n) is 4.69. The van der Waals surface area contributed by atoms with Gasteiger partial charge in [-0.1, -0.05) is 48.5 Å². The number of piperidine rings is 1. The molecule has 0 unspecified atom stereocenters. The fraction of sp³-hybridized carbons (Fsp3) is 0.400. The first-order chi connectivity index (χ1) is 12.6. The molecule has 1 heterocycles. The van der Waals surface area contributed by atoms with E-state index in [9.17, 15) is 8.42 Å². The van der Waals surface area contributed by atoms with Gasteiger partial charge in [0.25, 0.3) is 0 Å². The molecular weight excluding hydrogens is 348 g/mol. The largest absolute Gasteiger partial charge is 0.378 e. The number of nitrogens with zero attached hydrogens (tertiary/aromatic N) is 1. The fourth-order valence-corrected chi connectivity index (χ4v) is 4.94. The molecule has 6 heteroatoms. The van der Waals surface area contributed by atoms with E-state index in [0.717, 1.165) is 30.4 Å². The highest BCUT2D eigenvalue weighted by Gasteiger charge is 2.31. The molecule has 1 fully saturated rings. The zero-order valence-corrected chi connectivity index (χ0v) is 15.7. The van der Waals surface area contributed by atoms with Gasteiger partial charge in [0.2, 0.25) is 10.0 Å². The van der Waals surface area contributed by atoms with Crippen molar-refractivity contribution < 1.29 is 13.2 Å². The van der Waals surface area contributed by atoms with E-state index in [1.54, 1.807) is 16.4 Å². The van der Waals surface area contributed by atoms with Crippen molar-refractivity contribution in [1.29, 1.82) is 0 Å². The van der Waals surface area contributed by atoms with Crippen LogP contribution in [0.15, 0.2) is 59.5 Å². The molecule has 140 valence electrons. The van der Waals surface area contributed by atoms with Crippen molar-refractivity contribution in [2.24, 2.45) is 5.73 Å². The van der Waals surface area contributed by atoms with Crippen molar-refractivity contribution in [3.8, 4) is 11.1 Å². The maximum atomic E-state index is 13.2. The predicted octanol–water partition coefficient (Wildman–Crippen LogP) is 2.87. The molecule has 0 atom stereocenters. The zero-order chi connectivity index (χ0) is 18.4. The minimum atomic E-state index is -3.53. The fourth-order valence-electron chi connectivity index (χ4n) is 3.26.